The molecule has 1 heteroatoms. The van der Waals surface area contributed by atoms with E-state index in [-0.39, 0.29) is 5.82 Å². The van der Waals surface area contributed by atoms with Crippen molar-refractivity contribution in [1.29, 1.82) is 0 Å². The number of hydrogen-bond acceptors (Lipinski definition) is 0. The molecule has 0 spiro atoms. The first kappa shape index (κ1) is 18.4. The fourth-order valence-corrected chi connectivity index (χ4v) is 4.54. The average Bonchev–Trinajstić information content (AvgIpc) is 2.65. The number of fused-ring (bicyclic) bond motifs is 1. The van der Waals surface area contributed by atoms with Gasteiger partial charge in [-0.15, -0.1) is 0 Å². The second-order valence-electron chi connectivity index (χ2n) is 7.98. The van der Waals surface area contributed by atoms with E-state index in [9.17, 15) is 4.39 Å². The predicted molar refractivity (Wildman–Crippen MR) is 107 cm³/mol. The Hall–Kier alpha value is -1.37. The molecule has 1 fully saturated rings. The van der Waals surface area contributed by atoms with Crippen LogP contribution in [-0.2, 0) is 6.42 Å². The lowest BCUT2D eigenvalue weighted by atomic mass is 9.76. The van der Waals surface area contributed by atoms with Gasteiger partial charge in [0.25, 0.3) is 0 Å². The van der Waals surface area contributed by atoms with Gasteiger partial charge in [-0.1, -0.05) is 76.3 Å². The van der Waals surface area contributed by atoms with E-state index in [0.717, 1.165) is 35.1 Å². The van der Waals surface area contributed by atoms with E-state index in [1.165, 1.54) is 56.9 Å². The number of unbranched alkanes of at least 4 members (excludes halogenated alkanes) is 2. The topological polar surface area (TPSA) is 0 Å². The van der Waals surface area contributed by atoms with Crippen LogP contribution in [-0.4, -0.2) is 0 Å². The van der Waals surface area contributed by atoms with Gasteiger partial charge in [0.2, 0.25) is 0 Å². The van der Waals surface area contributed by atoms with E-state index in [1.54, 1.807) is 0 Å². The molecule has 0 N–H and O–H groups in total. The Bertz CT molecular complexity index is 680. The van der Waals surface area contributed by atoms with Crippen LogP contribution in [0.4, 0.5) is 4.39 Å². The van der Waals surface area contributed by atoms with E-state index >= 15 is 0 Å². The van der Waals surface area contributed by atoms with Crippen molar-refractivity contribution >= 4 is 10.8 Å². The summed E-state index contributed by atoms with van der Waals surface area (Å²) >= 11 is 0. The number of aryl methyl sites for hydroxylation is 1. The smallest absolute Gasteiger partial charge is 0.134 e. The maximum atomic E-state index is 14.6. The van der Waals surface area contributed by atoms with Gasteiger partial charge in [-0.3, -0.25) is 0 Å². The third-order valence-corrected chi connectivity index (χ3v) is 6.11. The minimum atomic E-state index is -0.00877. The lowest BCUT2D eigenvalue weighted by Crippen LogP contribution is -2.13. The van der Waals surface area contributed by atoms with E-state index in [0.29, 0.717) is 5.92 Å². The van der Waals surface area contributed by atoms with Gasteiger partial charge in [0.05, 0.1) is 0 Å². The minimum Gasteiger partial charge on any atom is -0.206 e. The molecule has 0 atom stereocenters. The SMILES string of the molecule is CCCCCC1CCC(c2ccc3c(F)c(CCC)ccc3c2)CC1. The molecular formula is C24H33F. The largest absolute Gasteiger partial charge is 0.206 e. The molecule has 2 aromatic rings. The zero-order valence-corrected chi connectivity index (χ0v) is 16.0. The van der Waals surface area contributed by atoms with Gasteiger partial charge < -0.3 is 0 Å². The van der Waals surface area contributed by atoms with Crippen molar-refractivity contribution in [3.8, 4) is 0 Å². The zero-order chi connectivity index (χ0) is 17.6. The van der Waals surface area contributed by atoms with E-state index in [1.807, 2.05) is 12.1 Å². The summed E-state index contributed by atoms with van der Waals surface area (Å²) in [6.45, 7) is 4.38. The second kappa shape index (κ2) is 8.83. The van der Waals surface area contributed by atoms with Crippen molar-refractivity contribution in [3.63, 3.8) is 0 Å². The fraction of sp³-hybridized carbons (Fsp3) is 0.583. The predicted octanol–water partition coefficient (Wildman–Crippen LogP) is 7.79. The molecule has 3 rings (SSSR count). The first-order valence-corrected chi connectivity index (χ1v) is 10.4. The Morgan fingerprint density at radius 2 is 1.72 bits per heavy atom. The molecule has 0 nitrogen and oxygen atoms in total. The van der Waals surface area contributed by atoms with Crippen LogP contribution in [0.25, 0.3) is 10.8 Å². The van der Waals surface area contributed by atoms with Gasteiger partial charge in [0.1, 0.15) is 5.82 Å². The van der Waals surface area contributed by atoms with Crippen molar-refractivity contribution in [2.45, 2.75) is 84.0 Å². The molecule has 136 valence electrons. The Labute approximate surface area is 152 Å². The molecule has 0 radical (unpaired) electrons. The van der Waals surface area contributed by atoms with Crippen LogP contribution in [0.5, 0.6) is 0 Å². The van der Waals surface area contributed by atoms with Crippen LogP contribution in [0.15, 0.2) is 30.3 Å². The normalized spacial score (nSPS) is 20.9. The first-order chi connectivity index (χ1) is 12.2. The van der Waals surface area contributed by atoms with Gasteiger partial charge >= 0.3 is 0 Å². The van der Waals surface area contributed by atoms with Crippen molar-refractivity contribution in [2.75, 3.05) is 0 Å². The van der Waals surface area contributed by atoms with Gasteiger partial charge in [-0.2, -0.15) is 0 Å². The quantitative estimate of drug-likeness (QED) is 0.451. The summed E-state index contributed by atoms with van der Waals surface area (Å²) in [4.78, 5) is 0. The molecule has 1 saturated carbocycles. The Balaban J connectivity index is 1.67. The maximum absolute atomic E-state index is 14.6. The van der Waals surface area contributed by atoms with Crippen molar-refractivity contribution in [2.24, 2.45) is 5.92 Å². The molecule has 1 aliphatic rings. The first-order valence-electron chi connectivity index (χ1n) is 10.4. The van der Waals surface area contributed by atoms with Gasteiger partial charge in [0.15, 0.2) is 0 Å². The molecule has 0 unspecified atom stereocenters. The van der Waals surface area contributed by atoms with E-state index in [4.69, 9.17) is 0 Å². The Morgan fingerprint density at radius 1 is 0.920 bits per heavy atom. The van der Waals surface area contributed by atoms with Crippen LogP contribution >= 0.6 is 0 Å². The summed E-state index contributed by atoms with van der Waals surface area (Å²) in [5.74, 6) is 1.60. The van der Waals surface area contributed by atoms with Crippen molar-refractivity contribution in [1.82, 2.24) is 0 Å². The van der Waals surface area contributed by atoms with Gasteiger partial charge in [-0.05, 0) is 60.5 Å². The lowest BCUT2D eigenvalue weighted by molar-refractivity contribution is 0.303. The Morgan fingerprint density at radius 3 is 2.44 bits per heavy atom. The summed E-state index contributed by atoms with van der Waals surface area (Å²) in [7, 11) is 0. The van der Waals surface area contributed by atoms with Gasteiger partial charge in [-0.25, -0.2) is 4.39 Å². The van der Waals surface area contributed by atoms with Crippen LogP contribution in [0.2, 0.25) is 0 Å². The van der Waals surface area contributed by atoms with E-state index in [2.05, 4.69) is 32.0 Å². The minimum absolute atomic E-state index is 0.00877. The second-order valence-corrected chi connectivity index (χ2v) is 7.98. The third-order valence-electron chi connectivity index (χ3n) is 6.11. The highest BCUT2D eigenvalue weighted by Gasteiger charge is 2.22. The summed E-state index contributed by atoms with van der Waals surface area (Å²) in [5, 5.41) is 1.86. The number of halogens is 1. The number of hydrogen-bond donors (Lipinski definition) is 0. The summed E-state index contributed by atoms with van der Waals surface area (Å²) < 4.78 is 14.6. The Kier molecular flexibility index (Phi) is 6.51. The van der Waals surface area contributed by atoms with Crippen molar-refractivity contribution in [3.05, 3.63) is 47.3 Å². The number of benzene rings is 2. The van der Waals surface area contributed by atoms with Gasteiger partial charge in [0, 0.05) is 5.39 Å². The average molecular weight is 341 g/mol. The number of rotatable bonds is 7. The zero-order valence-electron chi connectivity index (χ0n) is 16.0. The molecule has 0 aromatic heterocycles. The highest BCUT2D eigenvalue weighted by Crippen LogP contribution is 2.38. The third kappa shape index (κ3) is 4.43. The monoisotopic (exact) mass is 340 g/mol. The molecule has 0 bridgehead atoms. The summed E-state index contributed by atoms with van der Waals surface area (Å²) in [6.07, 6.45) is 12.7. The van der Waals surface area contributed by atoms with Crippen LogP contribution in [0.1, 0.15) is 88.7 Å². The maximum Gasteiger partial charge on any atom is 0.134 e. The van der Waals surface area contributed by atoms with Crippen LogP contribution < -0.4 is 0 Å². The standard InChI is InChI=1S/C24H33F/c1-3-5-6-8-18-9-11-19(12-10-18)21-15-16-23-22(17-21)14-13-20(7-4-2)24(23)25/h13-19H,3-12H2,1-2H3. The molecular weight excluding hydrogens is 307 g/mol. The molecule has 1 aliphatic carbocycles. The summed E-state index contributed by atoms with van der Waals surface area (Å²) in [6, 6.07) is 10.5. The molecule has 0 aliphatic heterocycles. The molecule has 0 heterocycles. The highest BCUT2D eigenvalue weighted by molar-refractivity contribution is 5.84. The van der Waals surface area contributed by atoms with Crippen LogP contribution in [0.3, 0.4) is 0 Å². The van der Waals surface area contributed by atoms with Crippen LogP contribution in [0, 0.1) is 11.7 Å². The molecule has 0 amide bonds. The molecule has 0 saturated heterocycles. The summed E-state index contributed by atoms with van der Waals surface area (Å²) in [5.41, 5.74) is 2.28. The van der Waals surface area contributed by atoms with Crippen molar-refractivity contribution < 1.29 is 4.39 Å². The lowest BCUT2D eigenvalue weighted by Gasteiger charge is -2.29. The fourth-order valence-electron chi connectivity index (χ4n) is 4.54. The molecule has 2 aromatic carbocycles. The van der Waals surface area contributed by atoms with E-state index < -0.39 is 0 Å². The molecule has 25 heavy (non-hydrogen) atoms. The highest BCUT2D eigenvalue weighted by atomic mass is 19.1.